The summed E-state index contributed by atoms with van der Waals surface area (Å²) in [6.45, 7) is 2.20. The van der Waals surface area contributed by atoms with Gasteiger partial charge in [-0.1, -0.05) is 30.3 Å². The summed E-state index contributed by atoms with van der Waals surface area (Å²) in [6.07, 6.45) is 1.85. The minimum Gasteiger partial charge on any atom is -0.466 e. The molecule has 3 heteroatoms. The maximum Gasteiger partial charge on any atom is 0.310 e. The molecule has 0 amide bonds. The molecule has 88 valence electrons. The summed E-state index contributed by atoms with van der Waals surface area (Å²) in [5.41, 5.74) is 1.84. The fraction of sp³-hybridized carbons (Fsp3) is 0.214. The Kier molecular flexibility index (Phi) is 3.60. The Balaban J connectivity index is 2.09. The highest BCUT2D eigenvalue weighted by molar-refractivity contribution is 5.73. The van der Waals surface area contributed by atoms with Crippen molar-refractivity contribution in [2.75, 3.05) is 6.61 Å². The summed E-state index contributed by atoms with van der Waals surface area (Å²) in [5.74, 6) is 0.540. The van der Waals surface area contributed by atoms with Gasteiger partial charge >= 0.3 is 5.97 Å². The van der Waals surface area contributed by atoms with Gasteiger partial charge in [0, 0.05) is 11.1 Å². The Morgan fingerprint density at radius 2 is 2.06 bits per heavy atom. The molecule has 0 atom stereocenters. The van der Waals surface area contributed by atoms with E-state index in [9.17, 15) is 4.79 Å². The van der Waals surface area contributed by atoms with Crippen LogP contribution in [0.4, 0.5) is 0 Å². The van der Waals surface area contributed by atoms with Crippen molar-refractivity contribution in [3.8, 4) is 11.3 Å². The lowest BCUT2D eigenvalue weighted by atomic mass is 10.1. The second-order valence-electron chi connectivity index (χ2n) is 3.67. The Bertz CT molecular complexity index is 485. The molecule has 3 nitrogen and oxygen atoms in total. The minimum absolute atomic E-state index is 0.229. The third-order valence-electron chi connectivity index (χ3n) is 2.37. The Labute approximate surface area is 100 Å². The van der Waals surface area contributed by atoms with Crippen LogP contribution in [0.25, 0.3) is 11.3 Å². The maximum atomic E-state index is 11.3. The van der Waals surface area contributed by atoms with E-state index in [1.807, 2.05) is 36.4 Å². The fourth-order valence-electron chi connectivity index (χ4n) is 1.60. The van der Waals surface area contributed by atoms with Crippen LogP contribution in [0.3, 0.4) is 0 Å². The van der Waals surface area contributed by atoms with E-state index in [1.54, 1.807) is 13.2 Å². The summed E-state index contributed by atoms with van der Waals surface area (Å²) in [5, 5.41) is 0. The normalized spacial score (nSPS) is 10.2. The number of carbonyl (C=O) groups excluding carboxylic acids is 1. The van der Waals surface area contributed by atoms with E-state index in [0.717, 1.165) is 16.9 Å². The van der Waals surface area contributed by atoms with E-state index in [4.69, 9.17) is 9.15 Å². The molecular weight excluding hydrogens is 216 g/mol. The van der Waals surface area contributed by atoms with Crippen molar-refractivity contribution in [1.82, 2.24) is 0 Å². The summed E-state index contributed by atoms with van der Waals surface area (Å²) < 4.78 is 10.3. The van der Waals surface area contributed by atoms with Crippen LogP contribution < -0.4 is 0 Å². The van der Waals surface area contributed by atoms with Crippen LogP contribution in [-0.4, -0.2) is 12.6 Å². The molecule has 1 aromatic carbocycles. The number of ether oxygens (including phenoxy) is 1. The molecule has 0 fully saturated rings. The molecule has 2 aromatic rings. The van der Waals surface area contributed by atoms with Gasteiger partial charge in [0.05, 0.1) is 19.3 Å². The van der Waals surface area contributed by atoms with Crippen LogP contribution in [0.5, 0.6) is 0 Å². The van der Waals surface area contributed by atoms with Gasteiger partial charge < -0.3 is 9.15 Å². The van der Waals surface area contributed by atoms with Crippen molar-refractivity contribution < 1.29 is 13.9 Å². The topological polar surface area (TPSA) is 39.4 Å². The first-order chi connectivity index (χ1) is 8.29. The molecule has 0 radical (unpaired) electrons. The average Bonchev–Trinajstić information content (AvgIpc) is 2.79. The molecule has 0 bridgehead atoms. The number of hydrogen-bond acceptors (Lipinski definition) is 3. The van der Waals surface area contributed by atoms with Crippen molar-refractivity contribution in [3.63, 3.8) is 0 Å². The van der Waals surface area contributed by atoms with Crippen molar-refractivity contribution in [3.05, 3.63) is 48.2 Å². The number of benzene rings is 1. The smallest absolute Gasteiger partial charge is 0.310 e. The number of esters is 1. The van der Waals surface area contributed by atoms with E-state index in [1.165, 1.54) is 0 Å². The zero-order valence-corrected chi connectivity index (χ0v) is 9.68. The Morgan fingerprint density at radius 3 is 2.76 bits per heavy atom. The highest BCUT2D eigenvalue weighted by atomic mass is 16.5. The highest BCUT2D eigenvalue weighted by Gasteiger charge is 2.08. The van der Waals surface area contributed by atoms with Crippen molar-refractivity contribution in [2.45, 2.75) is 13.3 Å². The van der Waals surface area contributed by atoms with Crippen molar-refractivity contribution in [1.29, 1.82) is 0 Å². The molecule has 0 saturated carbocycles. The first kappa shape index (κ1) is 11.5. The van der Waals surface area contributed by atoms with Gasteiger partial charge in [0.25, 0.3) is 0 Å². The van der Waals surface area contributed by atoms with Gasteiger partial charge in [-0.3, -0.25) is 4.79 Å². The van der Waals surface area contributed by atoms with Gasteiger partial charge in [-0.05, 0) is 13.0 Å². The van der Waals surface area contributed by atoms with Gasteiger partial charge in [-0.2, -0.15) is 0 Å². The standard InChI is InChI=1S/C14H14O3/c1-2-16-14(15)9-11-8-13(17-10-11)12-6-4-3-5-7-12/h3-8,10H,2,9H2,1H3. The third-order valence-corrected chi connectivity index (χ3v) is 2.37. The number of carbonyl (C=O) groups is 1. The van der Waals surface area contributed by atoms with Crippen LogP contribution in [0, 0.1) is 0 Å². The Morgan fingerprint density at radius 1 is 1.29 bits per heavy atom. The summed E-state index contributed by atoms with van der Waals surface area (Å²) >= 11 is 0. The molecular formula is C14H14O3. The lowest BCUT2D eigenvalue weighted by molar-refractivity contribution is -0.142. The van der Waals surface area contributed by atoms with Gasteiger partial charge in [0.15, 0.2) is 0 Å². The molecule has 1 heterocycles. The van der Waals surface area contributed by atoms with Crippen LogP contribution >= 0.6 is 0 Å². The van der Waals surface area contributed by atoms with Crippen LogP contribution in [0.1, 0.15) is 12.5 Å². The van der Waals surface area contributed by atoms with E-state index in [-0.39, 0.29) is 12.4 Å². The van der Waals surface area contributed by atoms with Gasteiger partial charge in [0.1, 0.15) is 5.76 Å². The molecule has 0 aliphatic carbocycles. The number of rotatable bonds is 4. The second-order valence-corrected chi connectivity index (χ2v) is 3.67. The predicted octanol–water partition coefficient (Wildman–Crippen LogP) is 3.05. The molecule has 1 aromatic heterocycles. The molecule has 17 heavy (non-hydrogen) atoms. The first-order valence-corrected chi connectivity index (χ1v) is 5.58. The molecule has 0 aliphatic heterocycles. The molecule has 0 saturated heterocycles. The van der Waals surface area contributed by atoms with E-state index in [2.05, 4.69) is 0 Å². The van der Waals surface area contributed by atoms with Gasteiger partial charge in [0.2, 0.25) is 0 Å². The lowest BCUT2D eigenvalue weighted by Crippen LogP contribution is -2.06. The van der Waals surface area contributed by atoms with Crippen LogP contribution in [0.2, 0.25) is 0 Å². The largest absolute Gasteiger partial charge is 0.466 e. The predicted molar refractivity (Wildman–Crippen MR) is 64.5 cm³/mol. The van der Waals surface area contributed by atoms with Gasteiger partial charge in [-0.15, -0.1) is 0 Å². The molecule has 0 aliphatic rings. The van der Waals surface area contributed by atoms with Crippen molar-refractivity contribution >= 4 is 5.97 Å². The van der Waals surface area contributed by atoms with E-state index < -0.39 is 0 Å². The monoisotopic (exact) mass is 230 g/mol. The quantitative estimate of drug-likeness (QED) is 0.758. The zero-order valence-electron chi connectivity index (χ0n) is 9.68. The van der Waals surface area contributed by atoms with Crippen LogP contribution in [0.15, 0.2) is 47.1 Å². The number of furan rings is 1. The second kappa shape index (κ2) is 5.34. The fourth-order valence-corrected chi connectivity index (χ4v) is 1.60. The zero-order chi connectivity index (χ0) is 12.1. The highest BCUT2D eigenvalue weighted by Crippen LogP contribution is 2.21. The number of hydrogen-bond donors (Lipinski definition) is 0. The molecule has 0 unspecified atom stereocenters. The summed E-state index contributed by atoms with van der Waals surface area (Å²) in [6, 6.07) is 11.6. The van der Waals surface area contributed by atoms with E-state index >= 15 is 0 Å². The van der Waals surface area contributed by atoms with Gasteiger partial charge in [-0.25, -0.2) is 0 Å². The van der Waals surface area contributed by atoms with Crippen LogP contribution in [-0.2, 0) is 16.0 Å². The molecule has 2 rings (SSSR count). The first-order valence-electron chi connectivity index (χ1n) is 5.58. The average molecular weight is 230 g/mol. The van der Waals surface area contributed by atoms with E-state index in [0.29, 0.717) is 6.61 Å². The van der Waals surface area contributed by atoms with Crippen molar-refractivity contribution in [2.24, 2.45) is 0 Å². The SMILES string of the molecule is CCOC(=O)Cc1coc(-c2ccccc2)c1. The summed E-state index contributed by atoms with van der Waals surface area (Å²) in [4.78, 5) is 11.3. The maximum absolute atomic E-state index is 11.3. The minimum atomic E-state index is -0.229. The Hall–Kier alpha value is -2.03. The molecule has 0 N–H and O–H groups in total. The lowest BCUT2D eigenvalue weighted by Gasteiger charge is -1.97. The molecule has 0 spiro atoms. The third kappa shape index (κ3) is 2.97. The summed E-state index contributed by atoms with van der Waals surface area (Å²) in [7, 11) is 0.